The van der Waals surface area contributed by atoms with Crippen LogP contribution in [0.1, 0.15) is 79.5 Å². The van der Waals surface area contributed by atoms with Gasteiger partial charge >= 0.3 is 0 Å². The summed E-state index contributed by atoms with van der Waals surface area (Å²) in [6, 6.07) is 8.22. The molecule has 0 saturated heterocycles. The Hall–Kier alpha value is -2.43. The minimum absolute atomic E-state index is 0.170. The fourth-order valence-electron chi connectivity index (χ4n) is 5.37. The number of hydrogen-bond acceptors (Lipinski definition) is 2. The lowest BCUT2D eigenvalue weighted by atomic mass is 9.72. The SMILES string of the molecule is Cc1cc(C(=O)N/N=C2\CCCCC2C2CCCCC2)c(C)n1-c1ccc(F)cc1. The molecule has 1 aromatic carbocycles. The number of carbonyl (C=O) groups excluding carboxylic acids is 1. The molecule has 1 heterocycles. The van der Waals surface area contributed by atoms with E-state index in [2.05, 4.69) is 10.5 Å². The summed E-state index contributed by atoms with van der Waals surface area (Å²) in [5.41, 5.74) is 7.29. The summed E-state index contributed by atoms with van der Waals surface area (Å²) in [5.74, 6) is 0.830. The first-order valence-corrected chi connectivity index (χ1v) is 11.4. The van der Waals surface area contributed by atoms with Crippen LogP contribution in [-0.4, -0.2) is 16.2 Å². The highest BCUT2D eigenvalue weighted by molar-refractivity contribution is 5.97. The van der Waals surface area contributed by atoms with Gasteiger partial charge in [-0.25, -0.2) is 9.82 Å². The van der Waals surface area contributed by atoms with Crippen molar-refractivity contribution in [2.45, 2.75) is 71.6 Å². The molecule has 2 aliphatic rings. The third-order valence-electron chi connectivity index (χ3n) is 6.91. The van der Waals surface area contributed by atoms with E-state index >= 15 is 0 Å². The Balaban J connectivity index is 1.52. The zero-order chi connectivity index (χ0) is 21.1. The van der Waals surface area contributed by atoms with Crippen LogP contribution in [0.5, 0.6) is 0 Å². The summed E-state index contributed by atoms with van der Waals surface area (Å²) in [4.78, 5) is 13.0. The molecule has 2 fully saturated rings. The molecule has 2 aliphatic carbocycles. The molecule has 5 heteroatoms. The zero-order valence-corrected chi connectivity index (χ0v) is 18.1. The number of hydrazone groups is 1. The van der Waals surface area contributed by atoms with Crippen molar-refractivity contribution in [1.29, 1.82) is 0 Å². The second-order valence-corrected chi connectivity index (χ2v) is 8.89. The van der Waals surface area contributed by atoms with E-state index in [-0.39, 0.29) is 11.7 Å². The van der Waals surface area contributed by atoms with E-state index in [0.717, 1.165) is 35.8 Å². The normalized spacial score (nSPS) is 21.7. The molecule has 4 rings (SSSR count). The van der Waals surface area contributed by atoms with Crippen LogP contribution in [0, 0.1) is 31.5 Å². The summed E-state index contributed by atoms with van der Waals surface area (Å²) < 4.78 is 15.3. The molecule has 2 saturated carbocycles. The molecule has 4 nitrogen and oxygen atoms in total. The van der Waals surface area contributed by atoms with Gasteiger partial charge in [0.05, 0.1) is 5.56 Å². The number of carbonyl (C=O) groups is 1. The van der Waals surface area contributed by atoms with Crippen LogP contribution in [0.4, 0.5) is 4.39 Å². The Labute approximate surface area is 178 Å². The van der Waals surface area contributed by atoms with E-state index in [9.17, 15) is 9.18 Å². The summed E-state index contributed by atoms with van der Waals surface area (Å²) in [5, 5.41) is 4.64. The first-order valence-electron chi connectivity index (χ1n) is 11.4. The maximum atomic E-state index is 13.3. The fourth-order valence-corrected chi connectivity index (χ4v) is 5.37. The van der Waals surface area contributed by atoms with Gasteiger partial charge in [0.15, 0.2) is 0 Å². The van der Waals surface area contributed by atoms with E-state index in [0.29, 0.717) is 11.5 Å². The Kier molecular flexibility index (Phi) is 6.35. The van der Waals surface area contributed by atoms with Gasteiger partial charge in [-0.2, -0.15) is 5.10 Å². The molecule has 1 aromatic heterocycles. The maximum Gasteiger partial charge on any atom is 0.273 e. The molecule has 1 N–H and O–H groups in total. The van der Waals surface area contributed by atoms with Crippen molar-refractivity contribution in [3.05, 3.63) is 53.1 Å². The number of amides is 1. The van der Waals surface area contributed by atoms with Crippen molar-refractivity contribution in [2.24, 2.45) is 16.9 Å². The van der Waals surface area contributed by atoms with Crippen LogP contribution in [0.25, 0.3) is 5.69 Å². The topological polar surface area (TPSA) is 46.4 Å². The van der Waals surface area contributed by atoms with E-state index in [1.54, 1.807) is 12.1 Å². The van der Waals surface area contributed by atoms with Gasteiger partial charge in [-0.05, 0) is 82.2 Å². The number of nitrogens with zero attached hydrogens (tertiary/aromatic N) is 2. The standard InChI is InChI=1S/C25H32FN3O/c1-17-16-23(18(2)29(17)21-14-12-20(26)13-15-21)25(30)28-27-24-11-7-6-10-22(24)19-8-4-3-5-9-19/h12-16,19,22H,3-11H2,1-2H3,(H,28,30)/b27-24+. The summed E-state index contributed by atoms with van der Waals surface area (Å²) in [6.45, 7) is 3.88. The number of aryl methyl sites for hydroxylation is 1. The average Bonchev–Trinajstić information content (AvgIpc) is 3.07. The predicted molar refractivity (Wildman–Crippen MR) is 119 cm³/mol. The first kappa shape index (κ1) is 20.8. The summed E-state index contributed by atoms with van der Waals surface area (Å²) in [6.07, 6.45) is 11.3. The minimum atomic E-state index is -0.269. The number of rotatable bonds is 4. The van der Waals surface area contributed by atoms with Gasteiger partial charge in [-0.3, -0.25) is 4.79 Å². The number of halogens is 1. The number of hydrogen-bond donors (Lipinski definition) is 1. The van der Waals surface area contributed by atoms with Gasteiger partial charge in [0, 0.05) is 28.7 Å². The van der Waals surface area contributed by atoms with E-state index < -0.39 is 0 Å². The molecule has 1 amide bonds. The lowest BCUT2D eigenvalue weighted by Crippen LogP contribution is -2.31. The first-order chi connectivity index (χ1) is 14.5. The number of aromatic nitrogens is 1. The fraction of sp³-hybridized carbons (Fsp3) is 0.520. The highest BCUT2D eigenvalue weighted by Crippen LogP contribution is 2.37. The van der Waals surface area contributed by atoms with E-state index in [4.69, 9.17) is 0 Å². The van der Waals surface area contributed by atoms with E-state index in [1.165, 1.54) is 62.8 Å². The van der Waals surface area contributed by atoms with Crippen molar-refractivity contribution in [3.63, 3.8) is 0 Å². The molecule has 2 aromatic rings. The van der Waals surface area contributed by atoms with Crippen molar-refractivity contribution >= 4 is 11.6 Å². The third-order valence-corrected chi connectivity index (χ3v) is 6.91. The van der Waals surface area contributed by atoms with E-state index in [1.807, 2.05) is 24.5 Å². The Morgan fingerprint density at radius 2 is 1.73 bits per heavy atom. The second-order valence-electron chi connectivity index (χ2n) is 8.89. The molecular weight excluding hydrogens is 377 g/mol. The second kappa shape index (κ2) is 9.15. The Morgan fingerprint density at radius 1 is 1.03 bits per heavy atom. The largest absolute Gasteiger partial charge is 0.318 e. The molecular formula is C25H32FN3O. The van der Waals surface area contributed by atoms with Gasteiger partial charge in [-0.1, -0.05) is 25.7 Å². The third kappa shape index (κ3) is 4.35. The van der Waals surface area contributed by atoms with Crippen LogP contribution in [0.3, 0.4) is 0 Å². The minimum Gasteiger partial charge on any atom is -0.318 e. The highest BCUT2D eigenvalue weighted by Gasteiger charge is 2.30. The molecule has 1 unspecified atom stereocenters. The van der Waals surface area contributed by atoms with Gasteiger partial charge in [0.25, 0.3) is 5.91 Å². The van der Waals surface area contributed by atoms with Gasteiger partial charge in [0.2, 0.25) is 0 Å². The Bertz CT molecular complexity index is 923. The van der Waals surface area contributed by atoms with Crippen molar-refractivity contribution in [1.82, 2.24) is 9.99 Å². The predicted octanol–water partition coefficient (Wildman–Crippen LogP) is 6.09. The highest BCUT2D eigenvalue weighted by atomic mass is 19.1. The van der Waals surface area contributed by atoms with Crippen LogP contribution in [-0.2, 0) is 0 Å². The van der Waals surface area contributed by atoms with Gasteiger partial charge < -0.3 is 4.57 Å². The number of benzene rings is 1. The zero-order valence-electron chi connectivity index (χ0n) is 18.1. The molecule has 0 spiro atoms. The lowest BCUT2D eigenvalue weighted by molar-refractivity contribution is 0.0953. The van der Waals surface area contributed by atoms with Crippen molar-refractivity contribution in [2.75, 3.05) is 0 Å². The smallest absolute Gasteiger partial charge is 0.273 e. The molecule has 0 aliphatic heterocycles. The quantitative estimate of drug-likeness (QED) is 0.610. The van der Waals surface area contributed by atoms with Gasteiger partial charge in [-0.15, -0.1) is 0 Å². The summed E-state index contributed by atoms with van der Waals surface area (Å²) >= 11 is 0. The van der Waals surface area contributed by atoms with Crippen molar-refractivity contribution in [3.8, 4) is 5.69 Å². The van der Waals surface area contributed by atoms with Crippen LogP contribution in [0.15, 0.2) is 35.4 Å². The van der Waals surface area contributed by atoms with Gasteiger partial charge in [0.1, 0.15) is 5.82 Å². The van der Waals surface area contributed by atoms with Crippen LogP contribution in [0.2, 0.25) is 0 Å². The average molecular weight is 410 g/mol. The monoisotopic (exact) mass is 409 g/mol. The molecule has 0 bridgehead atoms. The molecule has 160 valence electrons. The Morgan fingerprint density at radius 3 is 2.47 bits per heavy atom. The lowest BCUT2D eigenvalue weighted by Gasteiger charge is -2.33. The van der Waals surface area contributed by atoms with Crippen LogP contribution < -0.4 is 5.43 Å². The molecule has 1 atom stereocenters. The maximum absolute atomic E-state index is 13.3. The summed E-state index contributed by atoms with van der Waals surface area (Å²) in [7, 11) is 0. The molecule has 30 heavy (non-hydrogen) atoms. The van der Waals surface area contributed by atoms with Crippen molar-refractivity contribution < 1.29 is 9.18 Å². The van der Waals surface area contributed by atoms with Crippen LogP contribution >= 0.6 is 0 Å². The molecule has 0 radical (unpaired) electrons. The number of nitrogens with one attached hydrogen (secondary N) is 1.